The van der Waals surface area contributed by atoms with Crippen LogP contribution in [0.15, 0.2) is 72.8 Å². The number of fused-ring (bicyclic) bond motifs is 2. The number of para-hydroxylation sites is 1. The van der Waals surface area contributed by atoms with E-state index < -0.39 is 23.8 Å². The van der Waals surface area contributed by atoms with Gasteiger partial charge in [-0.2, -0.15) is 0 Å². The number of hydrogen-bond acceptors (Lipinski definition) is 4. The van der Waals surface area contributed by atoms with Gasteiger partial charge < -0.3 is 20.9 Å². The Hall–Kier alpha value is -4.46. The highest BCUT2D eigenvalue weighted by Gasteiger charge is 2.30. The van der Waals surface area contributed by atoms with Gasteiger partial charge in [0, 0.05) is 17.9 Å². The molecule has 8 heteroatoms. The molecular weight excluding hydrogens is 444 g/mol. The maximum atomic E-state index is 12.9. The minimum absolute atomic E-state index is 0.00386. The summed E-state index contributed by atoms with van der Waals surface area (Å²) >= 11 is 0. The van der Waals surface area contributed by atoms with Crippen LogP contribution in [-0.4, -0.2) is 36.2 Å². The minimum Gasteiger partial charge on any atom is -0.340 e. The molecule has 2 aliphatic heterocycles. The van der Waals surface area contributed by atoms with Gasteiger partial charge >= 0.3 is 0 Å². The van der Waals surface area contributed by atoms with Crippen LogP contribution in [0.1, 0.15) is 27.9 Å². The number of anilines is 3. The van der Waals surface area contributed by atoms with Gasteiger partial charge in [0.15, 0.2) is 0 Å². The monoisotopic (exact) mass is 468 g/mol. The Morgan fingerprint density at radius 3 is 2.57 bits per heavy atom. The molecule has 3 aromatic rings. The van der Waals surface area contributed by atoms with Crippen molar-refractivity contribution in [3.05, 3.63) is 89.5 Å². The smallest absolute Gasteiger partial charge is 0.254 e. The molecule has 0 aliphatic carbocycles. The molecule has 1 atom stereocenters. The number of carbonyl (C=O) groups is 4. The lowest BCUT2D eigenvalue weighted by atomic mass is 10.1. The van der Waals surface area contributed by atoms with Crippen molar-refractivity contribution in [3.8, 4) is 0 Å². The van der Waals surface area contributed by atoms with E-state index in [1.807, 2.05) is 36.4 Å². The minimum atomic E-state index is -1.01. The number of carbonyl (C=O) groups excluding carboxylic acids is 4. The van der Waals surface area contributed by atoms with E-state index in [0.29, 0.717) is 29.9 Å². The third kappa shape index (κ3) is 4.77. The lowest BCUT2D eigenvalue weighted by Crippen LogP contribution is -2.43. The van der Waals surface area contributed by atoms with Crippen LogP contribution in [0, 0.1) is 0 Å². The Labute approximate surface area is 202 Å². The second-order valence-corrected chi connectivity index (χ2v) is 8.61. The molecule has 2 aliphatic rings. The van der Waals surface area contributed by atoms with Gasteiger partial charge in [-0.25, -0.2) is 0 Å². The largest absolute Gasteiger partial charge is 0.340 e. The number of amides is 4. The second kappa shape index (κ2) is 9.42. The standard InChI is InChI=1S/C27H24N4O4/c32-24(16-22-27(35)29-21-9-5-4-8-20(21)26(34)30-22)28-19-11-10-18-12-13-31(23(18)15-19)25(33)14-17-6-2-1-3-7-17/h1-11,15,22H,12-14,16H2,(H,28,32)(H,29,35)(H,30,34)/t22-/m0/s1. The zero-order valence-electron chi connectivity index (χ0n) is 18.9. The predicted molar refractivity (Wildman–Crippen MR) is 132 cm³/mol. The maximum absolute atomic E-state index is 12.9. The quantitative estimate of drug-likeness (QED) is 0.535. The van der Waals surface area contributed by atoms with Gasteiger partial charge in [0.1, 0.15) is 6.04 Å². The first-order valence-corrected chi connectivity index (χ1v) is 11.5. The molecule has 0 bridgehead atoms. The molecule has 5 rings (SSSR count). The molecule has 3 aromatic carbocycles. The average Bonchev–Trinajstić information content (AvgIpc) is 3.23. The van der Waals surface area contributed by atoms with Crippen LogP contribution in [-0.2, 0) is 27.2 Å². The Morgan fingerprint density at radius 2 is 1.74 bits per heavy atom. The highest BCUT2D eigenvalue weighted by Crippen LogP contribution is 2.31. The van der Waals surface area contributed by atoms with E-state index in [9.17, 15) is 19.2 Å². The zero-order valence-corrected chi connectivity index (χ0v) is 18.9. The van der Waals surface area contributed by atoms with E-state index in [-0.39, 0.29) is 12.3 Å². The SMILES string of the molecule is O=C(C[C@@H]1NC(=O)c2ccccc2NC1=O)Nc1ccc2c(c1)N(C(=O)Cc1ccccc1)CC2. The molecule has 0 saturated carbocycles. The van der Waals surface area contributed by atoms with Crippen LogP contribution in [0.3, 0.4) is 0 Å². The fraction of sp³-hybridized carbons (Fsp3) is 0.185. The topological polar surface area (TPSA) is 108 Å². The number of benzene rings is 3. The van der Waals surface area contributed by atoms with E-state index in [0.717, 1.165) is 23.2 Å². The fourth-order valence-electron chi connectivity index (χ4n) is 4.43. The summed E-state index contributed by atoms with van der Waals surface area (Å²) < 4.78 is 0. The molecule has 0 saturated heterocycles. The Kier molecular flexibility index (Phi) is 6.01. The number of nitrogens with one attached hydrogen (secondary N) is 3. The van der Waals surface area contributed by atoms with Gasteiger partial charge in [-0.05, 0) is 41.8 Å². The molecule has 0 unspecified atom stereocenters. The first-order chi connectivity index (χ1) is 17.0. The van der Waals surface area contributed by atoms with Gasteiger partial charge in [0.2, 0.25) is 17.7 Å². The van der Waals surface area contributed by atoms with Gasteiger partial charge in [-0.1, -0.05) is 48.5 Å². The van der Waals surface area contributed by atoms with Gasteiger partial charge in [0.05, 0.1) is 24.1 Å². The third-order valence-corrected chi connectivity index (χ3v) is 6.20. The van der Waals surface area contributed by atoms with Gasteiger partial charge in [-0.3, -0.25) is 19.2 Å². The molecule has 176 valence electrons. The van der Waals surface area contributed by atoms with Crippen molar-refractivity contribution in [2.75, 3.05) is 22.1 Å². The summed E-state index contributed by atoms with van der Waals surface area (Å²) in [5.41, 5.74) is 4.05. The molecule has 2 heterocycles. The number of rotatable bonds is 5. The molecule has 35 heavy (non-hydrogen) atoms. The third-order valence-electron chi connectivity index (χ3n) is 6.20. The Morgan fingerprint density at radius 1 is 0.971 bits per heavy atom. The normalized spacial score (nSPS) is 16.5. The lowest BCUT2D eigenvalue weighted by molar-refractivity contribution is -0.122. The Balaban J connectivity index is 1.25. The summed E-state index contributed by atoms with van der Waals surface area (Å²) in [6.45, 7) is 0.591. The summed E-state index contributed by atoms with van der Waals surface area (Å²) in [7, 11) is 0. The van der Waals surface area contributed by atoms with Gasteiger partial charge in [0.25, 0.3) is 5.91 Å². The Bertz CT molecular complexity index is 1320. The number of hydrogen-bond donors (Lipinski definition) is 3. The lowest BCUT2D eigenvalue weighted by Gasteiger charge is -2.19. The van der Waals surface area contributed by atoms with Crippen LogP contribution in [0.4, 0.5) is 17.1 Å². The van der Waals surface area contributed by atoms with E-state index in [1.165, 1.54) is 0 Å². The van der Waals surface area contributed by atoms with E-state index in [4.69, 9.17) is 0 Å². The van der Waals surface area contributed by atoms with Crippen molar-refractivity contribution in [2.24, 2.45) is 0 Å². The highest BCUT2D eigenvalue weighted by molar-refractivity contribution is 6.11. The molecule has 4 amide bonds. The first kappa shape index (κ1) is 22.3. The molecule has 0 fully saturated rings. The molecule has 0 radical (unpaired) electrons. The maximum Gasteiger partial charge on any atom is 0.254 e. The molecule has 8 nitrogen and oxygen atoms in total. The summed E-state index contributed by atoms with van der Waals surface area (Å²) in [6, 6.07) is 20.7. The summed E-state index contributed by atoms with van der Waals surface area (Å²) in [5.74, 6) is -1.29. The van der Waals surface area contributed by atoms with Crippen LogP contribution >= 0.6 is 0 Å². The van der Waals surface area contributed by atoms with Crippen LogP contribution < -0.4 is 20.9 Å². The molecule has 3 N–H and O–H groups in total. The van der Waals surface area contributed by atoms with Crippen LogP contribution in [0.5, 0.6) is 0 Å². The van der Waals surface area contributed by atoms with Crippen LogP contribution in [0.2, 0.25) is 0 Å². The average molecular weight is 469 g/mol. The predicted octanol–water partition coefficient (Wildman–Crippen LogP) is 2.90. The van der Waals surface area contributed by atoms with E-state index >= 15 is 0 Å². The fourth-order valence-corrected chi connectivity index (χ4v) is 4.43. The van der Waals surface area contributed by atoms with Crippen molar-refractivity contribution in [1.82, 2.24) is 5.32 Å². The van der Waals surface area contributed by atoms with E-state index in [1.54, 1.807) is 41.3 Å². The van der Waals surface area contributed by atoms with Crippen molar-refractivity contribution in [3.63, 3.8) is 0 Å². The zero-order chi connectivity index (χ0) is 24.4. The van der Waals surface area contributed by atoms with Crippen molar-refractivity contribution in [2.45, 2.75) is 25.3 Å². The van der Waals surface area contributed by atoms with Crippen molar-refractivity contribution >= 4 is 40.7 Å². The van der Waals surface area contributed by atoms with Gasteiger partial charge in [-0.15, -0.1) is 0 Å². The van der Waals surface area contributed by atoms with Crippen molar-refractivity contribution in [1.29, 1.82) is 0 Å². The van der Waals surface area contributed by atoms with Crippen molar-refractivity contribution < 1.29 is 19.2 Å². The van der Waals surface area contributed by atoms with E-state index in [2.05, 4.69) is 16.0 Å². The summed E-state index contributed by atoms with van der Waals surface area (Å²) in [4.78, 5) is 52.5. The second-order valence-electron chi connectivity index (χ2n) is 8.61. The first-order valence-electron chi connectivity index (χ1n) is 11.5. The summed E-state index contributed by atoms with van der Waals surface area (Å²) in [6.07, 6.45) is 0.827. The molecular formula is C27H24N4O4. The number of nitrogens with zero attached hydrogens (tertiary/aromatic N) is 1. The summed E-state index contributed by atoms with van der Waals surface area (Å²) in [5, 5.41) is 8.12. The molecule has 0 spiro atoms. The van der Waals surface area contributed by atoms with Crippen LogP contribution in [0.25, 0.3) is 0 Å². The highest BCUT2D eigenvalue weighted by atomic mass is 16.2. The molecule has 0 aromatic heterocycles.